The lowest BCUT2D eigenvalue weighted by Gasteiger charge is -2.37. The van der Waals surface area contributed by atoms with E-state index in [0.717, 1.165) is 27.0 Å². The number of hydrogen-bond donors (Lipinski definition) is 0. The number of benzene rings is 2. The van der Waals surface area contributed by atoms with Crippen LogP contribution >= 0.6 is 15.9 Å². The number of allylic oxidation sites excluding steroid dienone is 2. The van der Waals surface area contributed by atoms with E-state index in [1.54, 1.807) is 6.21 Å². The molecule has 6 unspecified atom stereocenters. The van der Waals surface area contributed by atoms with Crippen LogP contribution < -0.4 is 4.74 Å². The van der Waals surface area contributed by atoms with Crippen molar-refractivity contribution in [2.45, 2.75) is 13.0 Å². The van der Waals surface area contributed by atoms with E-state index in [2.05, 4.69) is 33.2 Å². The van der Waals surface area contributed by atoms with Crippen LogP contribution in [-0.4, -0.2) is 23.0 Å². The molecule has 2 bridgehead atoms. The fraction of sp³-hybridized carbons (Fsp3) is 0.320. The van der Waals surface area contributed by atoms with Crippen LogP contribution in [-0.2, 0) is 16.2 Å². The zero-order valence-corrected chi connectivity index (χ0v) is 18.3. The number of halogens is 1. The zero-order chi connectivity index (χ0) is 21.1. The maximum Gasteiger partial charge on any atom is 0.254 e. The van der Waals surface area contributed by atoms with Crippen molar-refractivity contribution in [1.29, 1.82) is 0 Å². The average molecular weight is 477 g/mol. The number of amides is 2. The maximum absolute atomic E-state index is 13.1. The first kappa shape index (κ1) is 19.0. The summed E-state index contributed by atoms with van der Waals surface area (Å²) in [5.41, 5.74) is 1.78. The smallest absolute Gasteiger partial charge is 0.254 e. The first-order valence-electron chi connectivity index (χ1n) is 10.7. The molecule has 2 saturated carbocycles. The largest absolute Gasteiger partial charge is 0.488 e. The molecule has 156 valence electrons. The van der Waals surface area contributed by atoms with E-state index >= 15 is 0 Å². The Labute approximate surface area is 188 Å². The van der Waals surface area contributed by atoms with Crippen LogP contribution in [0.3, 0.4) is 0 Å². The highest BCUT2D eigenvalue weighted by atomic mass is 79.9. The van der Waals surface area contributed by atoms with E-state index < -0.39 is 0 Å². The lowest BCUT2D eigenvalue weighted by atomic mass is 9.63. The molecular formula is C25H21BrN2O3. The molecule has 2 aromatic rings. The second-order valence-corrected chi connectivity index (χ2v) is 9.76. The van der Waals surface area contributed by atoms with Crippen LogP contribution in [0.25, 0.3) is 0 Å². The number of carbonyl (C=O) groups excluding carboxylic acids is 2. The van der Waals surface area contributed by atoms with Gasteiger partial charge in [0.05, 0.1) is 18.1 Å². The van der Waals surface area contributed by atoms with Crippen molar-refractivity contribution in [3.63, 3.8) is 0 Å². The molecule has 2 aromatic carbocycles. The Morgan fingerprint density at radius 1 is 0.968 bits per heavy atom. The number of ether oxygens (including phenoxy) is 1. The lowest BCUT2D eigenvalue weighted by Crippen LogP contribution is -2.40. The van der Waals surface area contributed by atoms with Gasteiger partial charge in [-0.3, -0.25) is 9.59 Å². The van der Waals surface area contributed by atoms with Crippen LogP contribution in [0.4, 0.5) is 0 Å². The molecule has 3 fully saturated rings. The number of hydrogen-bond acceptors (Lipinski definition) is 4. The Morgan fingerprint density at radius 2 is 1.61 bits per heavy atom. The third kappa shape index (κ3) is 3.07. The van der Waals surface area contributed by atoms with Crippen molar-refractivity contribution in [3.05, 3.63) is 76.3 Å². The molecule has 0 N–H and O–H groups in total. The second-order valence-electron chi connectivity index (χ2n) is 8.84. The summed E-state index contributed by atoms with van der Waals surface area (Å²) in [6.07, 6.45) is 7.07. The molecule has 4 aliphatic carbocycles. The Bertz CT molecular complexity index is 1090. The molecule has 5 aliphatic rings. The normalized spacial score (nSPS) is 32.5. The molecule has 1 aliphatic heterocycles. The van der Waals surface area contributed by atoms with Gasteiger partial charge in [0.15, 0.2) is 0 Å². The van der Waals surface area contributed by atoms with E-state index in [1.165, 1.54) is 0 Å². The minimum Gasteiger partial charge on any atom is -0.488 e. The first-order valence-corrected chi connectivity index (χ1v) is 11.5. The van der Waals surface area contributed by atoms with Crippen molar-refractivity contribution in [2.24, 2.45) is 40.6 Å². The minimum absolute atomic E-state index is 0.149. The zero-order valence-electron chi connectivity index (χ0n) is 16.7. The van der Waals surface area contributed by atoms with Gasteiger partial charge < -0.3 is 4.74 Å². The predicted molar refractivity (Wildman–Crippen MR) is 119 cm³/mol. The molecule has 6 atom stereocenters. The second kappa shape index (κ2) is 7.16. The Morgan fingerprint density at radius 3 is 2.29 bits per heavy atom. The van der Waals surface area contributed by atoms with Crippen molar-refractivity contribution in [2.75, 3.05) is 0 Å². The molecule has 6 heteroatoms. The predicted octanol–water partition coefficient (Wildman–Crippen LogP) is 4.42. The molecule has 31 heavy (non-hydrogen) atoms. The standard InChI is InChI=1S/C25H21BrN2O3/c26-16-7-5-14(6-8-16)13-31-21-4-2-1-3-15(21)12-27-28-24(29)22-17-9-10-18(20-11-19(17)20)23(22)25(28)30/h1-10,12,17-20,22-23H,11,13H2/b27-12+. The molecule has 1 saturated heterocycles. The van der Waals surface area contributed by atoms with Crippen molar-refractivity contribution in [1.82, 2.24) is 5.01 Å². The van der Waals surface area contributed by atoms with E-state index in [4.69, 9.17) is 4.74 Å². The van der Waals surface area contributed by atoms with Crippen LogP contribution in [0, 0.1) is 35.5 Å². The van der Waals surface area contributed by atoms with E-state index in [-0.39, 0.29) is 35.5 Å². The van der Waals surface area contributed by atoms with Crippen molar-refractivity contribution >= 4 is 34.0 Å². The Hall–Kier alpha value is -2.73. The van der Waals surface area contributed by atoms with Gasteiger partial charge in [0.25, 0.3) is 11.8 Å². The Kier molecular flexibility index (Phi) is 4.39. The van der Waals surface area contributed by atoms with Gasteiger partial charge in [-0.05, 0) is 59.9 Å². The van der Waals surface area contributed by atoms with Gasteiger partial charge in [-0.15, -0.1) is 0 Å². The maximum atomic E-state index is 13.1. The number of nitrogens with zero attached hydrogens (tertiary/aromatic N) is 2. The third-order valence-electron chi connectivity index (χ3n) is 7.18. The molecule has 0 aromatic heterocycles. The van der Waals surface area contributed by atoms with E-state index in [1.807, 2.05) is 48.5 Å². The molecule has 7 rings (SSSR count). The highest BCUT2D eigenvalue weighted by Crippen LogP contribution is 2.65. The summed E-state index contributed by atoms with van der Waals surface area (Å²) >= 11 is 3.43. The fourth-order valence-electron chi connectivity index (χ4n) is 5.64. The quantitative estimate of drug-likeness (QED) is 0.364. The summed E-state index contributed by atoms with van der Waals surface area (Å²) in [5, 5.41) is 5.45. The van der Waals surface area contributed by atoms with E-state index in [0.29, 0.717) is 24.2 Å². The SMILES string of the molecule is O=C1C2C3C=CC(C4CC34)C2C(=O)N1/N=C/c1ccccc1OCc1ccc(Br)cc1. The number of rotatable bonds is 5. The summed E-state index contributed by atoms with van der Waals surface area (Å²) in [6.45, 7) is 0.418. The fourth-order valence-corrected chi connectivity index (χ4v) is 5.90. The highest BCUT2D eigenvalue weighted by Gasteiger charge is 2.67. The third-order valence-corrected chi connectivity index (χ3v) is 7.71. The summed E-state index contributed by atoms with van der Waals surface area (Å²) < 4.78 is 7.00. The highest BCUT2D eigenvalue weighted by molar-refractivity contribution is 9.10. The Balaban J connectivity index is 1.21. The van der Waals surface area contributed by atoms with Crippen LogP contribution in [0.2, 0.25) is 0 Å². The van der Waals surface area contributed by atoms with Gasteiger partial charge >= 0.3 is 0 Å². The van der Waals surface area contributed by atoms with Crippen molar-refractivity contribution in [3.8, 4) is 5.75 Å². The number of carbonyl (C=O) groups is 2. The molecule has 0 radical (unpaired) electrons. The lowest BCUT2D eigenvalue weighted by molar-refractivity contribution is -0.140. The summed E-state index contributed by atoms with van der Waals surface area (Å²) in [7, 11) is 0. The molecule has 2 amide bonds. The minimum atomic E-state index is -0.229. The summed E-state index contributed by atoms with van der Waals surface area (Å²) in [6, 6.07) is 15.5. The average Bonchev–Trinajstić information content (AvgIpc) is 3.57. The van der Waals surface area contributed by atoms with Gasteiger partial charge in [0, 0.05) is 10.0 Å². The van der Waals surface area contributed by atoms with Gasteiger partial charge in [-0.25, -0.2) is 0 Å². The van der Waals surface area contributed by atoms with Gasteiger partial charge in [-0.2, -0.15) is 10.1 Å². The number of hydrazone groups is 1. The topological polar surface area (TPSA) is 59.0 Å². The van der Waals surface area contributed by atoms with Gasteiger partial charge in [0.2, 0.25) is 0 Å². The van der Waals surface area contributed by atoms with E-state index in [9.17, 15) is 9.59 Å². The molecule has 5 nitrogen and oxygen atoms in total. The number of imide groups is 1. The molecule has 1 heterocycles. The van der Waals surface area contributed by atoms with Crippen LogP contribution in [0.5, 0.6) is 5.75 Å². The van der Waals surface area contributed by atoms with Gasteiger partial charge in [0.1, 0.15) is 12.4 Å². The monoisotopic (exact) mass is 476 g/mol. The first-order chi connectivity index (χ1) is 15.1. The molecular weight excluding hydrogens is 456 g/mol. The van der Waals surface area contributed by atoms with Crippen molar-refractivity contribution < 1.29 is 14.3 Å². The van der Waals surface area contributed by atoms with Gasteiger partial charge in [-0.1, -0.05) is 52.3 Å². The summed E-state index contributed by atoms with van der Waals surface area (Å²) in [4.78, 5) is 26.1. The van der Waals surface area contributed by atoms with Crippen LogP contribution in [0.1, 0.15) is 17.5 Å². The van der Waals surface area contributed by atoms with Crippen LogP contribution in [0.15, 0.2) is 70.3 Å². The molecule has 0 spiro atoms. The number of para-hydroxylation sites is 1. The summed E-state index contributed by atoms with van der Waals surface area (Å²) in [5.74, 6) is 1.49.